The van der Waals surface area contributed by atoms with Gasteiger partial charge in [0.2, 0.25) is 15.9 Å². The Morgan fingerprint density at radius 2 is 1.73 bits per heavy atom. The summed E-state index contributed by atoms with van der Waals surface area (Å²) in [5.74, 6) is 0.399. The molecule has 0 aliphatic carbocycles. The molecule has 0 fully saturated rings. The molecule has 2 aromatic carbocycles. The Hall–Kier alpha value is -3.07. The van der Waals surface area contributed by atoms with Gasteiger partial charge < -0.3 is 14.8 Å². The molecule has 8 nitrogen and oxygen atoms in total. The van der Waals surface area contributed by atoms with Gasteiger partial charge in [-0.2, -0.15) is 0 Å². The van der Waals surface area contributed by atoms with E-state index in [-0.39, 0.29) is 11.5 Å². The van der Waals surface area contributed by atoms with Gasteiger partial charge in [0, 0.05) is 5.56 Å². The van der Waals surface area contributed by atoms with Crippen molar-refractivity contribution in [3.63, 3.8) is 0 Å². The number of carbonyl (C=O) groups is 2. The maximum absolute atomic E-state index is 12.6. The summed E-state index contributed by atoms with van der Waals surface area (Å²) >= 11 is 0. The molecule has 162 valence electrons. The summed E-state index contributed by atoms with van der Waals surface area (Å²) in [6.07, 6.45) is 1.01. The molecule has 30 heavy (non-hydrogen) atoms. The largest absolute Gasteiger partial charge is 0.493 e. The molecule has 0 radical (unpaired) electrons. The highest BCUT2D eigenvalue weighted by atomic mass is 32.2. The van der Waals surface area contributed by atoms with Crippen molar-refractivity contribution in [1.82, 2.24) is 5.32 Å². The number of hydrogen-bond donors (Lipinski definition) is 1. The smallest absolute Gasteiger partial charge is 0.241 e. The lowest BCUT2D eigenvalue weighted by Crippen LogP contribution is -2.41. The van der Waals surface area contributed by atoms with Crippen LogP contribution in [0.15, 0.2) is 42.5 Å². The molecule has 0 heterocycles. The molecular weight excluding hydrogens is 408 g/mol. The van der Waals surface area contributed by atoms with Gasteiger partial charge in [-0.05, 0) is 43.7 Å². The Morgan fingerprint density at radius 1 is 1.07 bits per heavy atom. The van der Waals surface area contributed by atoms with Gasteiger partial charge in [-0.1, -0.05) is 18.2 Å². The van der Waals surface area contributed by atoms with Gasteiger partial charge >= 0.3 is 0 Å². The lowest BCUT2D eigenvalue weighted by Gasteiger charge is -2.24. The van der Waals surface area contributed by atoms with Crippen LogP contribution in [-0.4, -0.2) is 47.1 Å². The molecule has 1 atom stereocenters. The Bertz CT molecular complexity index is 1040. The molecule has 0 spiro atoms. The number of methoxy groups -OCH3 is 2. The molecule has 0 aliphatic heterocycles. The van der Waals surface area contributed by atoms with Crippen LogP contribution < -0.4 is 19.1 Å². The minimum atomic E-state index is -3.75. The highest BCUT2D eigenvalue weighted by Gasteiger charge is 2.23. The first-order chi connectivity index (χ1) is 14.1. The second-order valence-electron chi connectivity index (χ2n) is 6.78. The highest BCUT2D eigenvalue weighted by molar-refractivity contribution is 7.92. The molecule has 0 saturated heterocycles. The van der Waals surface area contributed by atoms with Crippen molar-refractivity contribution < 1.29 is 27.5 Å². The van der Waals surface area contributed by atoms with E-state index >= 15 is 0 Å². The van der Waals surface area contributed by atoms with E-state index in [1.165, 1.54) is 27.2 Å². The number of nitrogens with one attached hydrogen (secondary N) is 1. The fourth-order valence-corrected chi connectivity index (χ4v) is 3.75. The molecule has 0 aliphatic rings. The molecule has 1 amide bonds. The number of benzene rings is 2. The Morgan fingerprint density at radius 3 is 2.30 bits per heavy atom. The van der Waals surface area contributed by atoms with Crippen LogP contribution in [0.1, 0.15) is 35.8 Å². The van der Waals surface area contributed by atoms with Crippen LogP contribution in [0.2, 0.25) is 0 Å². The number of ether oxygens (including phenoxy) is 2. The monoisotopic (exact) mass is 434 g/mol. The summed E-state index contributed by atoms with van der Waals surface area (Å²) in [7, 11) is -0.702. The van der Waals surface area contributed by atoms with Crippen LogP contribution in [-0.2, 0) is 14.8 Å². The van der Waals surface area contributed by atoms with E-state index in [9.17, 15) is 18.0 Å². The predicted molar refractivity (Wildman–Crippen MR) is 115 cm³/mol. The number of anilines is 1. The molecule has 0 bridgehead atoms. The van der Waals surface area contributed by atoms with Crippen LogP contribution in [0, 0.1) is 0 Å². The molecule has 0 unspecified atom stereocenters. The lowest BCUT2D eigenvalue weighted by molar-refractivity contribution is -0.120. The minimum Gasteiger partial charge on any atom is -0.493 e. The van der Waals surface area contributed by atoms with Crippen molar-refractivity contribution in [3.8, 4) is 11.5 Å². The SMILES string of the molecule is COc1ccc([C@@H](C)NC(=O)CN(c2cccc(C(C)=O)c2)S(C)(=O)=O)cc1OC. The molecule has 2 rings (SSSR count). The Balaban J connectivity index is 2.21. The molecule has 9 heteroatoms. The van der Waals surface area contributed by atoms with E-state index in [2.05, 4.69) is 5.32 Å². The summed E-state index contributed by atoms with van der Waals surface area (Å²) in [6.45, 7) is 2.75. The third-order valence-electron chi connectivity index (χ3n) is 4.51. The first-order valence-electron chi connectivity index (χ1n) is 9.16. The number of hydrogen-bond acceptors (Lipinski definition) is 6. The molecular formula is C21H26N2O6S. The average molecular weight is 435 g/mol. The summed E-state index contributed by atoms with van der Waals surface area (Å²) in [4.78, 5) is 24.2. The van der Waals surface area contributed by atoms with Gasteiger partial charge in [0.1, 0.15) is 6.54 Å². The molecule has 0 aromatic heterocycles. The van der Waals surface area contributed by atoms with E-state index in [1.54, 1.807) is 43.3 Å². The topological polar surface area (TPSA) is 102 Å². The summed E-state index contributed by atoms with van der Waals surface area (Å²) in [5.41, 5.74) is 1.38. The van der Waals surface area contributed by atoms with Crippen LogP contribution in [0.3, 0.4) is 0 Å². The molecule has 1 N–H and O–H groups in total. The van der Waals surface area contributed by atoms with E-state index in [0.29, 0.717) is 17.1 Å². The van der Waals surface area contributed by atoms with Crippen molar-refractivity contribution in [2.24, 2.45) is 0 Å². The van der Waals surface area contributed by atoms with Gasteiger partial charge in [-0.25, -0.2) is 8.42 Å². The van der Waals surface area contributed by atoms with Crippen molar-refractivity contribution in [3.05, 3.63) is 53.6 Å². The van der Waals surface area contributed by atoms with Crippen LogP contribution in [0.5, 0.6) is 11.5 Å². The number of sulfonamides is 1. The zero-order valence-electron chi connectivity index (χ0n) is 17.6. The number of ketones is 1. The maximum atomic E-state index is 12.6. The zero-order chi connectivity index (χ0) is 22.5. The normalized spacial score (nSPS) is 12.0. The van der Waals surface area contributed by atoms with Gasteiger partial charge in [-0.3, -0.25) is 13.9 Å². The number of amides is 1. The highest BCUT2D eigenvalue weighted by Crippen LogP contribution is 2.30. The van der Waals surface area contributed by atoms with Crippen molar-refractivity contribution in [2.75, 3.05) is 31.3 Å². The third-order valence-corrected chi connectivity index (χ3v) is 5.65. The van der Waals surface area contributed by atoms with Gasteiger partial charge in [0.15, 0.2) is 17.3 Å². The fraction of sp³-hybridized carbons (Fsp3) is 0.333. The number of Topliss-reactive ketones (excluding diaryl/α,β-unsaturated/α-hetero) is 1. The minimum absolute atomic E-state index is 0.197. The van der Waals surface area contributed by atoms with Crippen molar-refractivity contribution in [1.29, 1.82) is 0 Å². The van der Waals surface area contributed by atoms with Crippen molar-refractivity contribution >= 4 is 27.4 Å². The summed E-state index contributed by atoms with van der Waals surface area (Å²) in [5, 5.41) is 2.79. The first-order valence-corrected chi connectivity index (χ1v) is 11.0. The molecule has 2 aromatic rings. The number of rotatable bonds is 9. The van der Waals surface area contributed by atoms with E-state index in [4.69, 9.17) is 9.47 Å². The third kappa shape index (κ3) is 5.73. The van der Waals surface area contributed by atoms with Gasteiger partial charge in [0.05, 0.1) is 32.2 Å². The van der Waals surface area contributed by atoms with Crippen LogP contribution in [0.25, 0.3) is 0 Å². The summed E-state index contributed by atoms with van der Waals surface area (Å²) < 4.78 is 36.0. The Labute approximate surface area is 176 Å². The number of nitrogens with zero attached hydrogens (tertiary/aromatic N) is 1. The second kappa shape index (κ2) is 9.62. The van der Waals surface area contributed by atoms with Crippen LogP contribution >= 0.6 is 0 Å². The predicted octanol–water partition coefficient (Wildman–Crippen LogP) is 2.55. The van der Waals surface area contributed by atoms with Gasteiger partial charge in [0.25, 0.3) is 0 Å². The fourth-order valence-electron chi connectivity index (χ4n) is 2.90. The summed E-state index contributed by atoms with van der Waals surface area (Å²) in [6, 6.07) is 11.0. The van der Waals surface area contributed by atoms with Crippen LogP contribution in [0.4, 0.5) is 5.69 Å². The standard InChI is InChI=1S/C21H26N2O6S/c1-14(16-9-10-19(28-3)20(12-16)29-4)22-21(25)13-23(30(5,26)27)18-8-6-7-17(11-18)15(2)24/h6-12,14H,13H2,1-5H3,(H,22,25)/t14-/m1/s1. The van der Waals surface area contributed by atoms with Gasteiger partial charge in [-0.15, -0.1) is 0 Å². The number of carbonyl (C=O) groups excluding carboxylic acids is 2. The van der Waals surface area contributed by atoms with E-state index < -0.39 is 28.5 Å². The van der Waals surface area contributed by atoms with Crippen molar-refractivity contribution in [2.45, 2.75) is 19.9 Å². The first kappa shape index (κ1) is 23.2. The zero-order valence-corrected chi connectivity index (χ0v) is 18.4. The molecule has 0 saturated carbocycles. The Kier molecular flexibility index (Phi) is 7.44. The quantitative estimate of drug-likeness (QED) is 0.609. The van der Waals surface area contributed by atoms with E-state index in [1.807, 2.05) is 0 Å². The average Bonchev–Trinajstić information content (AvgIpc) is 2.70. The maximum Gasteiger partial charge on any atom is 0.241 e. The second-order valence-corrected chi connectivity index (χ2v) is 8.69. The van der Waals surface area contributed by atoms with E-state index in [0.717, 1.165) is 16.1 Å². The lowest BCUT2D eigenvalue weighted by atomic mass is 10.1.